The van der Waals surface area contributed by atoms with Crippen LogP contribution in [-0.2, 0) is 41.6 Å². The maximum Gasteiger partial charge on any atom is 0.246 e. The number of Topliss-reactive ketones (excluding diaryl/α,β-unsaturated/α-hetero) is 2. The highest BCUT2D eigenvalue weighted by atomic mass is 16.2. The number of carbonyl (C=O) groups excluding carboxylic acids is 6. The van der Waals surface area contributed by atoms with E-state index in [1.807, 2.05) is 25.7 Å². The van der Waals surface area contributed by atoms with E-state index in [2.05, 4.69) is 62.1 Å². The number of piperazine rings is 1. The number of carbonyl (C=O) groups is 6. The summed E-state index contributed by atoms with van der Waals surface area (Å²) in [5.41, 5.74) is 7.70. The first kappa shape index (κ1) is 54.0. The molecule has 2 saturated carbocycles. The standard InChI is InChI=1S/C61H89N7O6/c1-5-40(2)58(71)64-57(43-20-10-7-11-21-43)61(74)68-33-17-31-54(68)59(72)63-50-27-13-26-48-46(50)24-15-29-52(48)66-36-34-65(35-37-66)51-28-14-23-45-44(22-12-25-47(45)51)38-56(70)53-30-16-32-67(53)60(73)49(39-55(69)41(3)62-4)42-18-8-6-9-19-42/h14-15,23-24,28-29,40-44,49-50,53-54,57,62H,5-13,16-22,25-27,30-39H2,1-4H3,(H,63,72)(H,64,71)/t40-,41+,44+,49+,50-,53+,54+,57+/m1/s1. The molecule has 5 fully saturated rings. The molecule has 9 rings (SSSR count). The average Bonchev–Trinajstić information content (AvgIpc) is 4.15. The highest BCUT2D eigenvalue weighted by molar-refractivity contribution is 5.95. The minimum Gasteiger partial charge on any atom is -0.368 e. The van der Waals surface area contributed by atoms with Crippen molar-refractivity contribution in [1.82, 2.24) is 25.8 Å². The van der Waals surface area contributed by atoms with Crippen LogP contribution >= 0.6 is 0 Å². The molecule has 3 heterocycles. The molecule has 8 atom stereocenters. The molecule has 2 aromatic carbocycles. The Morgan fingerprint density at radius 2 is 1.18 bits per heavy atom. The van der Waals surface area contributed by atoms with Gasteiger partial charge in [0.05, 0.1) is 18.1 Å². The van der Waals surface area contributed by atoms with Crippen LogP contribution in [0.2, 0.25) is 0 Å². The number of benzene rings is 2. The van der Waals surface area contributed by atoms with Crippen molar-refractivity contribution in [2.75, 3.05) is 56.1 Å². The molecule has 74 heavy (non-hydrogen) atoms. The Kier molecular flexibility index (Phi) is 18.2. The number of hydrogen-bond donors (Lipinski definition) is 3. The molecule has 0 unspecified atom stereocenters. The van der Waals surface area contributed by atoms with Crippen LogP contribution in [0.1, 0.15) is 190 Å². The van der Waals surface area contributed by atoms with Gasteiger partial charge in [-0.15, -0.1) is 0 Å². The maximum atomic E-state index is 14.5. The lowest BCUT2D eigenvalue weighted by molar-refractivity contribution is -0.144. The van der Waals surface area contributed by atoms with Crippen molar-refractivity contribution in [2.24, 2.45) is 23.7 Å². The van der Waals surface area contributed by atoms with E-state index in [4.69, 9.17) is 0 Å². The first-order chi connectivity index (χ1) is 35.9. The minimum absolute atomic E-state index is 0.0297. The number of hydrogen-bond acceptors (Lipinski definition) is 9. The SMILES string of the molecule is CC[C@@H](C)C(=O)N[C@H](C(=O)N1CCC[C@H]1C(=O)N[C@@H]1CCCc2c1cccc2N1CCN(c2cccc3c2CCC[C@H]3CC(=O)[C@@H]2CCCN2C(=O)[C@@H](CC(=O)[C@H](C)NC)C2CCCCC2)CC1)C1CCCCC1. The molecular formula is C61H89N7O6. The van der Waals surface area contributed by atoms with Gasteiger partial charge in [-0.3, -0.25) is 28.8 Å². The first-order valence-electron chi connectivity index (χ1n) is 29.6. The Labute approximate surface area is 442 Å². The monoisotopic (exact) mass is 1020 g/mol. The van der Waals surface area contributed by atoms with Crippen LogP contribution in [0, 0.1) is 23.7 Å². The summed E-state index contributed by atoms with van der Waals surface area (Å²) in [6.07, 6.45) is 20.6. The first-order valence-corrected chi connectivity index (χ1v) is 29.6. The molecule has 3 N–H and O–H groups in total. The summed E-state index contributed by atoms with van der Waals surface area (Å²) >= 11 is 0. The number of nitrogens with one attached hydrogen (secondary N) is 3. The van der Waals surface area contributed by atoms with E-state index >= 15 is 0 Å². The molecule has 0 radical (unpaired) electrons. The second kappa shape index (κ2) is 24.9. The van der Waals surface area contributed by atoms with E-state index in [1.54, 1.807) is 11.9 Å². The van der Waals surface area contributed by atoms with Gasteiger partial charge in [0.25, 0.3) is 0 Å². The van der Waals surface area contributed by atoms with Crippen LogP contribution in [0.4, 0.5) is 11.4 Å². The molecule has 4 aliphatic carbocycles. The summed E-state index contributed by atoms with van der Waals surface area (Å²) in [5.74, 6) is -0.0514. The van der Waals surface area contributed by atoms with Crippen molar-refractivity contribution < 1.29 is 28.8 Å². The molecule has 3 saturated heterocycles. The fourth-order valence-electron chi connectivity index (χ4n) is 14.5. The summed E-state index contributed by atoms with van der Waals surface area (Å²) in [4.78, 5) is 92.9. The summed E-state index contributed by atoms with van der Waals surface area (Å²) in [6.45, 7) is 10.4. The van der Waals surface area contributed by atoms with Crippen LogP contribution in [0.5, 0.6) is 0 Å². The lowest BCUT2D eigenvalue weighted by Gasteiger charge is -2.41. The van der Waals surface area contributed by atoms with E-state index in [0.717, 1.165) is 135 Å². The number of likely N-dealkylation sites (tertiary alicyclic amines) is 2. The van der Waals surface area contributed by atoms with Gasteiger partial charge in [0.15, 0.2) is 5.78 Å². The normalized spacial score (nSPS) is 25.4. The highest BCUT2D eigenvalue weighted by Crippen LogP contribution is 2.42. The number of anilines is 2. The smallest absolute Gasteiger partial charge is 0.246 e. The minimum atomic E-state index is -0.585. The molecule has 7 aliphatic rings. The van der Waals surface area contributed by atoms with Crippen molar-refractivity contribution in [3.05, 3.63) is 58.7 Å². The topological polar surface area (TPSA) is 151 Å². The van der Waals surface area contributed by atoms with Crippen LogP contribution in [0.3, 0.4) is 0 Å². The third kappa shape index (κ3) is 11.9. The number of rotatable bonds is 18. The van der Waals surface area contributed by atoms with Crippen molar-refractivity contribution in [1.29, 1.82) is 0 Å². The fraction of sp³-hybridized carbons (Fsp3) is 0.705. The highest BCUT2D eigenvalue weighted by Gasteiger charge is 2.44. The van der Waals surface area contributed by atoms with Gasteiger partial charge in [0.1, 0.15) is 17.9 Å². The molecule has 2 aromatic rings. The van der Waals surface area contributed by atoms with Gasteiger partial charge >= 0.3 is 0 Å². The zero-order valence-corrected chi connectivity index (χ0v) is 45.5. The van der Waals surface area contributed by atoms with E-state index < -0.39 is 18.1 Å². The van der Waals surface area contributed by atoms with Gasteiger partial charge in [0.2, 0.25) is 23.6 Å². The molecule has 0 spiro atoms. The van der Waals surface area contributed by atoms with Crippen molar-refractivity contribution >= 4 is 46.6 Å². The number of likely N-dealkylation sites (N-methyl/N-ethyl adjacent to an activating group) is 1. The van der Waals surface area contributed by atoms with E-state index in [0.29, 0.717) is 38.8 Å². The summed E-state index contributed by atoms with van der Waals surface area (Å²) < 4.78 is 0. The Balaban J connectivity index is 0.830. The maximum absolute atomic E-state index is 14.5. The molecule has 0 bridgehead atoms. The van der Waals surface area contributed by atoms with Gasteiger partial charge < -0.3 is 35.6 Å². The average molecular weight is 1020 g/mol. The molecule has 3 aliphatic heterocycles. The largest absolute Gasteiger partial charge is 0.368 e. The fourth-order valence-corrected chi connectivity index (χ4v) is 14.5. The number of nitrogens with zero attached hydrogens (tertiary/aromatic N) is 4. The lowest BCUT2D eigenvalue weighted by atomic mass is 9.76. The lowest BCUT2D eigenvalue weighted by Crippen LogP contribution is -2.57. The number of fused-ring (bicyclic) bond motifs is 2. The summed E-state index contributed by atoms with van der Waals surface area (Å²) in [5, 5.41) is 9.69. The van der Waals surface area contributed by atoms with Gasteiger partial charge in [0, 0.05) is 75.3 Å². The Morgan fingerprint density at radius 3 is 1.80 bits per heavy atom. The van der Waals surface area contributed by atoms with Crippen LogP contribution in [0.15, 0.2) is 36.4 Å². The van der Waals surface area contributed by atoms with Crippen LogP contribution in [0.25, 0.3) is 0 Å². The van der Waals surface area contributed by atoms with E-state index in [9.17, 15) is 28.8 Å². The quantitative estimate of drug-likeness (QED) is 0.133. The van der Waals surface area contributed by atoms with Crippen LogP contribution in [-0.4, -0.2) is 115 Å². The molecule has 4 amide bonds. The van der Waals surface area contributed by atoms with E-state index in [1.165, 1.54) is 40.0 Å². The van der Waals surface area contributed by atoms with Gasteiger partial charge in [-0.2, -0.15) is 0 Å². The predicted molar refractivity (Wildman–Crippen MR) is 292 cm³/mol. The Hall–Kier alpha value is -4.78. The van der Waals surface area contributed by atoms with Crippen molar-refractivity contribution in [3.63, 3.8) is 0 Å². The number of amides is 4. The van der Waals surface area contributed by atoms with Gasteiger partial charge in [-0.25, -0.2) is 0 Å². The molecule has 0 aromatic heterocycles. The molecule has 404 valence electrons. The molecule has 13 nitrogen and oxygen atoms in total. The molecular weight excluding hydrogens is 927 g/mol. The van der Waals surface area contributed by atoms with E-state index in [-0.39, 0.29) is 83.3 Å². The molecule has 13 heteroatoms. The van der Waals surface area contributed by atoms with Crippen molar-refractivity contribution in [2.45, 2.75) is 205 Å². The number of ketones is 2. The Morgan fingerprint density at radius 1 is 0.608 bits per heavy atom. The van der Waals surface area contributed by atoms with Gasteiger partial charge in [-0.05, 0) is 162 Å². The predicted octanol–water partition coefficient (Wildman–Crippen LogP) is 8.74. The third-order valence-electron chi connectivity index (χ3n) is 19.2. The third-order valence-corrected chi connectivity index (χ3v) is 19.2. The zero-order valence-electron chi connectivity index (χ0n) is 45.5. The van der Waals surface area contributed by atoms with Crippen molar-refractivity contribution in [3.8, 4) is 0 Å². The zero-order chi connectivity index (χ0) is 51.9. The van der Waals surface area contributed by atoms with Gasteiger partial charge in [-0.1, -0.05) is 76.6 Å². The Bertz CT molecular complexity index is 2160. The second-order valence-corrected chi connectivity index (χ2v) is 23.6. The summed E-state index contributed by atoms with van der Waals surface area (Å²) in [7, 11) is 1.79. The second-order valence-electron chi connectivity index (χ2n) is 23.6. The van der Waals surface area contributed by atoms with Crippen LogP contribution < -0.4 is 25.8 Å². The summed E-state index contributed by atoms with van der Waals surface area (Å²) in [6, 6.07) is 11.3.